The van der Waals surface area contributed by atoms with Crippen LogP contribution in [0.4, 0.5) is 11.4 Å². The van der Waals surface area contributed by atoms with Crippen molar-refractivity contribution < 1.29 is 14.3 Å². The number of carbonyl (C=O) groups excluding carboxylic acids is 2. The van der Waals surface area contributed by atoms with Gasteiger partial charge in [-0.05, 0) is 57.0 Å². The average molecular weight is 354 g/mol. The largest absolute Gasteiger partial charge is 0.449 e. The molecule has 5 heteroatoms. The van der Waals surface area contributed by atoms with Crippen molar-refractivity contribution in [3.8, 4) is 0 Å². The number of hydrogen-bond acceptors (Lipinski definition) is 4. The van der Waals surface area contributed by atoms with Gasteiger partial charge in [0, 0.05) is 25.5 Å². The van der Waals surface area contributed by atoms with Crippen molar-refractivity contribution in [3.05, 3.63) is 58.7 Å². The molecule has 5 nitrogen and oxygen atoms in total. The second kappa shape index (κ2) is 8.04. The average Bonchev–Trinajstić information content (AvgIpc) is 2.57. The third kappa shape index (κ3) is 4.63. The van der Waals surface area contributed by atoms with E-state index in [1.807, 2.05) is 58.0 Å². The van der Waals surface area contributed by atoms with Gasteiger partial charge in [0.1, 0.15) is 0 Å². The van der Waals surface area contributed by atoms with E-state index in [0.29, 0.717) is 5.56 Å². The lowest BCUT2D eigenvalue weighted by molar-refractivity contribution is -0.123. The van der Waals surface area contributed by atoms with Gasteiger partial charge < -0.3 is 15.0 Å². The summed E-state index contributed by atoms with van der Waals surface area (Å²) in [5.74, 6) is -0.870. The Kier molecular flexibility index (Phi) is 6.03. The van der Waals surface area contributed by atoms with Crippen molar-refractivity contribution >= 4 is 23.3 Å². The van der Waals surface area contributed by atoms with Crippen LogP contribution in [0.15, 0.2) is 36.4 Å². The number of nitrogens with one attached hydrogen (secondary N) is 1. The van der Waals surface area contributed by atoms with Crippen LogP contribution in [0.5, 0.6) is 0 Å². The summed E-state index contributed by atoms with van der Waals surface area (Å²) in [6.45, 7) is 7.47. The highest BCUT2D eigenvalue weighted by Gasteiger charge is 2.20. The zero-order valence-electron chi connectivity index (χ0n) is 16.2. The maximum absolute atomic E-state index is 12.4. The SMILES string of the molecule is Cc1cc(C)c(NC(=O)[C@H](C)OC(=O)c2cccc(N(C)C)c2)c(C)c1. The van der Waals surface area contributed by atoms with E-state index in [1.54, 1.807) is 25.1 Å². The molecule has 0 saturated heterocycles. The number of ether oxygens (including phenoxy) is 1. The molecule has 0 unspecified atom stereocenters. The van der Waals surface area contributed by atoms with E-state index in [-0.39, 0.29) is 5.91 Å². The minimum Gasteiger partial charge on any atom is -0.449 e. The van der Waals surface area contributed by atoms with Crippen molar-refractivity contribution in [1.82, 2.24) is 0 Å². The zero-order valence-corrected chi connectivity index (χ0v) is 16.2. The second-order valence-corrected chi connectivity index (χ2v) is 6.76. The quantitative estimate of drug-likeness (QED) is 0.828. The molecule has 26 heavy (non-hydrogen) atoms. The Balaban J connectivity index is 2.07. The molecule has 0 spiro atoms. The second-order valence-electron chi connectivity index (χ2n) is 6.76. The Morgan fingerprint density at radius 3 is 2.23 bits per heavy atom. The third-order valence-corrected chi connectivity index (χ3v) is 4.18. The van der Waals surface area contributed by atoms with Crippen molar-refractivity contribution in [2.75, 3.05) is 24.3 Å². The standard InChI is InChI=1S/C21H26N2O3/c1-13-10-14(2)19(15(3)11-13)22-20(24)16(4)26-21(25)17-8-7-9-18(12-17)23(5)6/h7-12,16H,1-6H3,(H,22,24)/t16-/m0/s1. The smallest absolute Gasteiger partial charge is 0.338 e. The van der Waals surface area contributed by atoms with Crippen molar-refractivity contribution in [3.63, 3.8) is 0 Å². The van der Waals surface area contributed by atoms with Crippen LogP contribution in [0.25, 0.3) is 0 Å². The summed E-state index contributed by atoms with van der Waals surface area (Å²) in [4.78, 5) is 26.7. The van der Waals surface area contributed by atoms with Gasteiger partial charge in [0.25, 0.3) is 5.91 Å². The summed E-state index contributed by atoms with van der Waals surface area (Å²) >= 11 is 0. The van der Waals surface area contributed by atoms with Crippen LogP contribution in [0, 0.1) is 20.8 Å². The lowest BCUT2D eigenvalue weighted by Crippen LogP contribution is -2.30. The number of benzene rings is 2. The Labute approximate surface area is 155 Å². The lowest BCUT2D eigenvalue weighted by atomic mass is 10.0. The molecule has 2 aromatic rings. The van der Waals surface area contributed by atoms with Gasteiger partial charge in [0.2, 0.25) is 0 Å². The van der Waals surface area contributed by atoms with Gasteiger partial charge in [-0.25, -0.2) is 4.79 Å². The predicted molar refractivity (Wildman–Crippen MR) is 105 cm³/mol. The zero-order chi connectivity index (χ0) is 19.4. The summed E-state index contributed by atoms with van der Waals surface area (Å²) in [6, 6.07) is 11.1. The van der Waals surface area contributed by atoms with Crippen molar-refractivity contribution in [2.24, 2.45) is 0 Å². The third-order valence-electron chi connectivity index (χ3n) is 4.18. The highest BCUT2D eigenvalue weighted by atomic mass is 16.5. The molecule has 0 aromatic heterocycles. The fourth-order valence-corrected chi connectivity index (χ4v) is 2.80. The van der Waals surface area contributed by atoms with Crippen LogP contribution in [-0.2, 0) is 9.53 Å². The maximum atomic E-state index is 12.4. The fraction of sp³-hybridized carbons (Fsp3) is 0.333. The number of anilines is 2. The Hall–Kier alpha value is -2.82. The molecule has 138 valence electrons. The van der Waals surface area contributed by atoms with Crippen molar-refractivity contribution in [1.29, 1.82) is 0 Å². The summed E-state index contributed by atoms with van der Waals surface area (Å²) < 4.78 is 5.34. The van der Waals surface area contributed by atoms with Crippen LogP contribution >= 0.6 is 0 Å². The number of rotatable bonds is 5. The maximum Gasteiger partial charge on any atom is 0.338 e. The van der Waals surface area contributed by atoms with E-state index in [9.17, 15) is 9.59 Å². The van der Waals surface area contributed by atoms with E-state index in [0.717, 1.165) is 28.1 Å². The molecule has 1 atom stereocenters. The van der Waals surface area contributed by atoms with E-state index in [1.165, 1.54) is 0 Å². The number of amides is 1. The van der Waals surface area contributed by atoms with Gasteiger partial charge >= 0.3 is 5.97 Å². The predicted octanol–water partition coefficient (Wildman–Crippen LogP) is 3.86. The molecule has 0 radical (unpaired) electrons. The van der Waals surface area contributed by atoms with E-state index >= 15 is 0 Å². The molecule has 0 aliphatic heterocycles. The summed E-state index contributed by atoms with van der Waals surface area (Å²) in [5, 5.41) is 2.87. The Bertz CT molecular complexity index is 805. The molecular weight excluding hydrogens is 328 g/mol. The van der Waals surface area contributed by atoms with Crippen LogP contribution in [0.3, 0.4) is 0 Å². The molecule has 0 bridgehead atoms. The molecule has 2 rings (SSSR count). The molecule has 0 fully saturated rings. The first kappa shape index (κ1) is 19.5. The Morgan fingerprint density at radius 2 is 1.65 bits per heavy atom. The van der Waals surface area contributed by atoms with E-state index < -0.39 is 12.1 Å². The van der Waals surface area contributed by atoms with Crippen molar-refractivity contribution in [2.45, 2.75) is 33.8 Å². The molecule has 0 aliphatic rings. The van der Waals surface area contributed by atoms with Gasteiger partial charge in [0.15, 0.2) is 6.10 Å². The topological polar surface area (TPSA) is 58.6 Å². The first-order valence-corrected chi connectivity index (χ1v) is 8.56. The summed E-state index contributed by atoms with van der Waals surface area (Å²) in [7, 11) is 3.79. The molecule has 2 aromatic carbocycles. The normalized spacial score (nSPS) is 11.6. The molecule has 0 heterocycles. The van der Waals surface area contributed by atoms with E-state index in [2.05, 4.69) is 5.32 Å². The van der Waals surface area contributed by atoms with Gasteiger partial charge in [0.05, 0.1) is 5.56 Å². The number of nitrogens with zero attached hydrogens (tertiary/aromatic N) is 1. The van der Waals surface area contributed by atoms with Crippen LogP contribution in [0.1, 0.15) is 34.0 Å². The lowest BCUT2D eigenvalue weighted by Gasteiger charge is -2.17. The van der Waals surface area contributed by atoms with Crippen LogP contribution in [0.2, 0.25) is 0 Å². The first-order chi connectivity index (χ1) is 12.2. The fourth-order valence-electron chi connectivity index (χ4n) is 2.80. The summed E-state index contributed by atoms with van der Waals surface area (Å²) in [6.07, 6.45) is -0.898. The first-order valence-electron chi connectivity index (χ1n) is 8.56. The molecule has 1 amide bonds. The number of aryl methyl sites for hydroxylation is 3. The van der Waals surface area contributed by atoms with E-state index in [4.69, 9.17) is 4.74 Å². The number of esters is 1. The summed E-state index contributed by atoms with van der Waals surface area (Å²) in [5.41, 5.74) is 5.17. The highest BCUT2D eigenvalue weighted by molar-refractivity contribution is 5.98. The van der Waals surface area contributed by atoms with Gasteiger partial charge in [-0.3, -0.25) is 4.79 Å². The van der Waals surface area contributed by atoms with Crippen LogP contribution in [-0.4, -0.2) is 32.1 Å². The van der Waals surface area contributed by atoms with Crippen LogP contribution < -0.4 is 10.2 Å². The highest BCUT2D eigenvalue weighted by Crippen LogP contribution is 2.22. The van der Waals surface area contributed by atoms with Gasteiger partial charge in [-0.2, -0.15) is 0 Å². The number of carbonyl (C=O) groups is 2. The Morgan fingerprint density at radius 1 is 1.04 bits per heavy atom. The van der Waals surface area contributed by atoms with Gasteiger partial charge in [-0.15, -0.1) is 0 Å². The molecule has 0 aliphatic carbocycles. The minimum atomic E-state index is -0.898. The molecule has 0 saturated carbocycles. The number of hydrogen-bond donors (Lipinski definition) is 1. The molecule has 1 N–H and O–H groups in total. The minimum absolute atomic E-state index is 0.350. The molecular formula is C21H26N2O3. The van der Waals surface area contributed by atoms with Gasteiger partial charge in [-0.1, -0.05) is 23.8 Å². The monoisotopic (exact) mass is 354 g/mol.